The van der Waals surface area contributed by atoms with Crippen molar-refractivity contribution in [2.75, 3.05) is 6.61 Å². The molecular formula is C15H19F3N2O. The maximum absolute atomic E-state index is 12.9. The van der Waals surface area contributed by atoms with Crippen LogP contribution in [-0.2, 0) is 5.66 Å². The van der Waals surface area contributed by atoms with E-state index in [0.717, 1.165) is 19.3 Å². The fraction of sp³-hybridized carbons (Fsp3) is 0.600. The summed E-state index contributed by atoms with van der Waals surface area (Å²) in [4.78, 5) is 0. The lowest BCUT2D eigenvalue weighted by atomic mass is 10.0. The maximum Gasteiger partial charge on any atom is 0.442 e. The molecule has 0 spiro atoms. The lowest BCUT2D eigenvalue weighted by Gasteiger charge is -2.15. The quantitative estimate of drug-likeness (QED) is 0.606. The Balaban J connectivity index is 1.88. The summed E-state index contributed by atoms with van der Waals surface area (Å²) < 4.78 is 44.2. The molecule has 116 valence electrons. The van der Waals surface area contributed by atoms with Crippen molar-refractivity contribution in [2.45, 2.75) is 50.9 Å². The Morgan fingerprint density at radius 3 is 2.43 bits per heavy atom. The Kier molecular flexibility index (Phi) is 4.85. The Bertz CT molecular complexity index is 494. The minimum Gasteiger partial charge on any atom is -0.494 e. The maximum atomic E-state index is 12.9. The third-order valence-electron chi connectivity index (χ3n) is 3.45. The van der Waals surface area contributed by atoms with Gasteiger partial charge in [0.05, 0.1) is 6.61 Å². The van der Waals surface area contributed by atoms with Crippen LogP contribution in [-0.4, -0.2) is 12.8 Å². The molecular weight excluding hydrogens is 281 g/mol. The first-order chi connectivity index (χ1) is 9.99. The molecule has 6 heteroatoms. The number of benzene rings is 1. The highest BCUT2D eigenvalue weighted by atomic mass is 19.4. The van der Waals surface area contributed by atoms with Gasteiger partial charge in [-0.2, -0.15) is 13.2 Å². The fourth-order valence-electron chi connectivity index (χ4n) is 2.14. The summed E-state index contributed by atoms with van der Waals surface area (Å²) in [5, 5.41) is 6.38. The zero-order valence-corrected chi connectivity index (χ0v) is 12.0. The van der Waals surface area contributed by atoms with Crippen LogP contribution in [0.2, 0.25) is 0 Å². The van der Waals surface area contributed by atoms with Crippen molar-refractivity contribution in [3.8, 4) is 5.75 Å². The van der Waals surface area contributed by atoms with Crippen molar-refractivity contribution >= 4 is 0 Å². The lowest BCUT2D eigenvalue weighted by Crippen LogP contribution is -2.30. The van der Waals surface area contributed by atoms with Crippen LogP contribution in [0.5, 0.6) is 5.75 Å². The second kappa shape index (κ2) is 6.45. The van der Waals surface area contributed by atoms with Gasteiger partial charge in [0, 0.05) is 5.56 Å². The zero-order valence-electron chi connectivity index (χ0n) is 12.0. The number of halogens is 3. The largest absolute Gasteiger partial charge is 0.494 e. The highest BCUT2D eigenvalue weighted by Gasteiger charge is 2.65. The van der Waals surface area contributed by atoms with Crippen LogP contribution in [0.1, 0.15) is 44.6 Å². The SMILES string of the molecule is CCCCCCCOc1cccc(C2(C(F)(F)F)N=N2)c1. The van der Waals surface area contributed by atoms with Crippen LogP contribution < -0.4 is 4.74 Å². The highest BCUT2D eigenvalue weighted by Crippen LogP contribution is 2.52. The number of alkyl halides is 3. The monoisotopic (exact) mass is 300 g/mol. The van der Waals surface area contributed by atoms with Crippen LogP contribution in [0.4, 0.5) is 13.2 Å². The molecule has 2 rings (SSSR count). The average Bonchev–Trinajstić information content (AvgIpc) is 3.24. The summed E-state index contributed by atoms with van der Waals surface area (Å²) in [6.45, 7) is 2.66. The predicted octanol–water partition coefficient (Wildman–Crippen LogP) is 5.22. The number of unbranched alkanes of at least 4 members (excludes halogenated alkanes) is 4. The molecule has 0 N–H and O–H groups in total. The van der Waals surface area contributed by atoms with Crippen LogP contribution in [0.25, 0.3) is 0 Å². The molecule has 0 amide bonds. The first kappa shape index (κ1) is 15.8. The first-order valence-electron chi connectivity index (χ1n) is 7.24. The van der Waals surface area contributed by atoms with Crippen LogP contribution >= 0.6 is 0 Å². The summed E-state index contributed by atoms with van der Waals surface area (Å²) in [5.41, 5.74) is -2.36. The van der Waals surface area contributed by atoms with Gasteiger partial charge in [0.1, 0.15) is 5.75 Å². The van der Waals surface area contributed by atoms with Crippen molar-refractivity contribution < 1.29 is 17.9 Å². The van der Waals surface area contributed by atoms with Crippen molar-refractivity contribution in [3.63, 3.8) is 0 Å². The van der Waals surface area contributed by atoms with Crippen molar-refractivity contribution in [3.05, 3.63) is 29.8 Å². The van der Waals surface area contributed by atoms with Gasteiger partial charge in [-0.3, -0.25) is 0 Å². The van der Waals surface area contributed by atoms with Gasteiger partial charge in [0.15, 0.2) is 0 Å². The fourth-order valence-corrected chi connectivity index (χ4v) is 2.14. The second-order valence-corrected chi connectivity index (χ2v) is 5.16. The Hall–Kier alpha value is -1.59. The number of hydrogen-bond donors (Lipinski definition) is 0. The normalized spacial score (nSPS) is 16.0. The summed E-state index contributed by atoms with van der Waals surface area (Å²) in [7, 11) is 0. The van der Waals surface area contributed by atoms with E-state index < -0.39 is 11.8 Å². The number of ether oxygens (including phenoxy) is 1. The van der Waals surface area contributed by atoms with E-state index in [-0.39, 0.29) is 5.56 Å². The van der Waals surface area contributed by atoms with Gasteiger partial charge in [0.2, 0.25) is 0 Å². The van der Waals surface area contributed by atoms with Crippen molar-refractivity contribution in [2.24, 2.45) is 10.2 Å². The molecule has 0 unspecified atom stereocenters. The van der Waals surface area contributed by atoms with Crippen LogP contribution in [0.15, 0.2) is 34.5 Å². The summed E-state index contributed by atoms with van der Waals surface area (Å²) in [6, 6.07) is 5.95. The van der Waals surface area contributed by atoms with E-state index >= 15 is 0 Å². The van der Waals surface area contributed by atoms with E-state index in [2.05, 4.69) is 17.2 Å². The molecule has 1 heterocycles. The van der Waals surface area contributed by atoms with Crippen LogP contribution in [0.3, 0.4) is 0 Å². The molecule has 0 saturated heterocycles. The molecule has 21 heavy (non-hydrogen) atoms. The molecule has 3 nitrogen and oxygen atoms in total. The van der Waals surface area contributed by atoms with Gasteiger partial charge < -0.3 is 4.74 Å². The molecule has 1 aromatic carbocycles. The van der Waals surface area contributed by atoms with E-state index in [0.29, 0.717) is 12.4 Å². The highest BCUT2D eigenvalue weighted by molar-refractivity contribution is 5.36. The third-order valence-corrected chi connectivity index (χ3v) is 3.45. The standard InChI is InChI=1S/C15H19F3N2O/c1-2-3-4-5-6-10-21-13-9-7-8-12(11-13)14(19-20-14)15(16,17)18/h7-9,11H,2-6,10H2,1H3. The Morgan fingerprint density at radius 1 is 1.10 bits per heavy atom. The first-order valence-corrected chi connectivity index (χ1v) is 7.24. The molecule has 1 aliphatic heterocycles. The number of nitrogens with zero attached hydrogens (tertiary/aromatic N) is 2. The Morgan fingerprint density at radius 2 is 1.81 bits per heavy atom. The van der Waals surface area contributed by atoms with Gasteiger partial charge in [-0.05, 0) is 18.6 Å². The van der Waals surface area contributed by atoms with Gasteiger partial charge >= 0.3 is 11.8 Å². The molecule has 0 bridgehead atoms. The van der Waals surface area contributed by atoms with E-state index in [1.807, 2.05) is 0 Å². The minimum absolute atomic E-state index is 0.0125. The minimum atomic E-state index is -4.49. The molecule has 0 atom stereocenters. The summed E-state index contributed by atoms with van der Waals surface area (Å²) >= 11 is 0. The number of hydrogen-bond acceptors (Lipinski definition) is 3. The smallest absolute Gasteiger partial charge is 0.442 e. The molecule has 0 radical (unpaired) electrons. The second-order valence-electron chi connectivity index (χ2n) is 5.16. The summed E-state index contributed by atoms with van der Waals surface area (Å²) in [5.74, 6) is 0.434. The molecule has 0 aromatic heterocycles. The molecule has 0 aliphatic carbocycles. The van der Waals surface area contributed by atoms with E-state index in [1.54, 1.807) is 12.1 Å². The van der Waals surface area contributed by atoms with E-state index in [1.165, 1.54) is 25.0 Å². The molecule has 0 fully saturated rings. The van der Waals surface area contributed by atoms with Crippen LogP contribution in [0, 0.1) is 0 Å². The van der Waals surface area contributed by atoms with Gasteiger partial charge in [-0.25, -0.2) is 0 Å². The van der Waals surface area contributed by atoms with E-state index in [9.17, 15) is 13.2 Å². The summed E-state index contributed by atoms with van der Waals surface area (Å²) in [6.07, 6.45) is 1.02. The molecule has 1 aliphatic rings. The average molecular weight is 300 g/mol. The third kappa shape index (κ3) is 3.74. The molecule has 1 aromatic rings. The topological polar surface area (TPSA) is 34.0 Å². The lowest BCUT2D eigenvalue weighted by molar-refractivity contribution is -0.166. The van der Waals surface area contributed by atoms with Gasteiger partial charge in [0.25, 0.3) is 0 Å². The molecule has 0 saturated carbocycles. The van der Waals surface area contributed by atoms with E-state index in [4.69, 9.17) is 4.74 Å². The van der Waals surface area contributed by atoms with Crippen molar-refractivity contribution in [1.82, 2.24) is 0 Å². The van der Waals surface area contributed by atoms with Crippen molar-refractivity contribution in [1.29, 1.82) is 0 Å². The zero-order chi connectivity index (χ0) is 15.3. The van der Waals surface area contributed by atoms with Gasteiger partial charge in [-0.15, -0.1) is 10.2 Å². The number of rotatable bonds is 8. The van der Waals surface area contributed by atoms with Gasteiger partial charge in [-0.1, -0.05) is 44.7 Å². The predicted molar refractivity (Wildman–Crippen MR) is 73.3 cm³/mol. The Labute approximate surface area is 122 Å².